The molecule has 2 aliphatic carbocycles. The second-order valence-electron chi connectivity index (χ2n) is 9.23. The number of hydrogen-bond acceptors (Lipinski definition) is 4. The van der Waals surface area contributed by atoms with Gasteiger partial charge in [-0.25, -0.2) is 0 Å². The summed E-state index contributed by atoms with van der Waals surface area (Å²) in [6, 6.07) is 20.4. The van der Waals surface area contributed by atoms with Crippen molar-refractivity contribution >= 4 is 0 Å². The molecule has 4 rings (SSSR count). The van der Waals surface area contributed by atoms with Crippen LogP contribution in [0.5, 0.6) is 0 Å². The summed E-state index contributed by atoms with van der Waals surface area (Å²) in [4.78, 5) is 0. The van der Waals surface area contributed by atoms with Crippen molar-refractivity contribution in [3.63, 3.8) is 0 Å². The standard InChI is InChI=1S/C25H32O4/c26-20-12-7-13-21(27)25(20)22(28)16-24(17-23(25)29,14-18-8-3-1-4-9-18)15-19-10-5-2-6-11-19/h1-6,8-11,20-23,26-29H,7,12-17H2. The molecule has 0 radical (unpaired) electrons. The Morgan fingerprint density at radius 2 is 1.03 bits per heavy atom. The summed E-state index contributed by atoms with van der Waals surface area (Å²) in [7, 11) is 0. The van der Waals surface area contributed by atoms with Gasteiger partial charge >= 0.3 is 0 Å². The molecular weight excluding hydrogens is 364 g/mol. The summed E-state index contributed by atoms with van der Waals surface area (Å²) >= 11 is 0. The number of benzene rings is 2. The van der Waals surface area contributed by atoms with Gasteiger partial charge in [-0.05, 0) is 61.5 Å². The van der Waals surface area contributed by atoms with Gasteiger partial charge in [-0.3, -0.25) is 0 Å². The van der Waals surface area contributed by atoms with Crippen LogP contribution in [0.15, 0.2) is 60.7 Å². The van der Waals surface area contributed by atoms with Gasteiger partial charge in [0.15, 0.2) is 0 Å². The van der Waals surface area contributed by atoms with Crippen LogP contribution < -0.4 is 0 Å². The van der Waals surface area contributed by atoms with Crippen molar-refractivity contribution in [2.24, 2.45) is 10.8 Å². The van der Waals surface area contributed by atoms with Gasteiger partial charge in [0, 0.05) is 0 Å². The van der Waals surface area contributed by atoms with Crippen LogP contribution in [0.25, 0.3) is 0 Å². The van der Waals surface area contributed by atoms with Crippen LogP contribution in [0.3, 0.4) is 0 Å². The van der Waals surface area contributed by atoms with Gasteiger partial charge in [-0.15, -0.1) is 0 Å². The second kappa shape index (κ2) is 8.19. The molecule has 0 amide bonds. The highest BCUT2D eigenvalue weighted by molar-refractivity contribution is 5.23. The average Bonchev–Trinajstić information content (AvgIpc) is 2.69. The highest BCUT2D eigenvalue weighted by atomic mass is 16.3. The van der Waals surface area contributed by atoms with E-state index in [1.165, 1.54) is 11.1 Å². The first-order chi connectivity index (χ1) is 14.0. The molecule has 4 atom stereocenters. The van der Waals surface area contributed by atoms with Crippen LogP contribution >= 0.6 is 0 Å². The normalized spacial score (nSPS) is 34.2. The second-order valence-corrected chi connectivity index (χ2v) is 9.23. The van der Waals surface area contributed by atoms with E-state index in [2.05, 4.69) is 24.3 Å². The molecule has 2 aromatic rings. The quantitative estimate of drug-likeness (QED) is 0.641. The highest BCUT2D eigenvalue weighted by Gasteiger charge is 2.61. The predicted octanol–water partition coefficient (Wildman–Crippen LogP) is 2.87. The van der Waals surface area contributed by atoms with Crippen LogP contribution in [-0.4, -0.2) is 44.8 Å². The summed E-state index contributed by atoms with van der Waals surface area (Å²) in [5.74, 6) is 0. The van der Waals surface area contributed by atoms with Crippen LogP contribution in [0, 0.1) is 10.8 Å². The van der Waals surface area contributed by atoms with Gasteiger partial charge < -0.3 is 20.4 Å². The first kappa shape index (κ1) is 20.5. The van der Waals surface area contributed by atoms with E-state index in [9.17, 15) is 20.4 Å². The van der Waals surface area contributed by atoms with Crippen molar-refractivity contribution in [1.29, 1.82) is 0 Å². The summed E-state index contributed by atoms with van der Waals surface area (Å²) < 4.78 is 0. The minimum Gasteiger partial charge on any atom is -0.392 e. The lowest BCUT2D eigenvalue weighted by Crippen LogP contribution is -2.66. The molecular formula is C25H32O4. The molecule has 2 aliphatic rings. The Hall–Kier alpha value is -1.72. The molecule has 0 heterocycles. The molecule has 2 saturated carbocycles. The monoisotopic (exact) mass is 396 g/mol. The summed E-state index contributed by atoms with van der Waals surface area (Å²) in [6.45, 7) is 0. The maximum atomic E-state index is 11.3. The zero-order chi connectivity index (χ0) is 20.5. The minimum absolute atomic E-state index is 0.344. The van der Waals surface area contributed by atoms with Gasteiger partial charge in [0.1, 0.15) is 0 Å². The Kier molecular flexibility index (Phi) is 5.80. The van der Waals surface area contributed by atoms with Crippen molar-refractivity contribution in [3.05, 3.63) is 71.8 Å². The Morgan fingerprint density at radius 1 is 0.621 bits per heavy atom. The zero-order valence-electron chi connectivity index (χ0n) is 16.8. The van der Waals surface area contributed by atoms with E-state index in [1.54, 1.807) is 0 Å². The van der Waals surface area contributed by atoms with Gasteiger partial charge in [0.05, 0.1) is 29.8 Å². The smallest absolute Gasteiger partial charge is 0.0739 e. The van der Waals surface area contributed by atoms with Gasteiger partial charge in [-0.2, -0.15) is 0 Å². The summed E-state index contributed by atoms with van der Waals surface area (Å²) in [6.07, 6.45) is 0.411. The zero-order valence-corrected chi connectivity index (χ0v) is 16.8. The molecule has 0 bridgehead atoms. The first-order valence-corrected chi connectivity index (χ1v) is 10.8. The van der Waals surface area contributed by atoms with E-state index in [0.29, 0.717) is 32.1 Å². The molecule has 4 nitrogen and oxygen atoms in total. The molecule has 0 aromatic heterocycles. The molecule has 4 heteroatoms. The third kappa shape index (κ3) is 3.75. The van der Waals surface area contributed by atoms with E-state index in [1.807, 2.05) is 36.4 Å². The predicted molar refractivity (Wildman–Crippen MR) is 112 cm³/mol. The van der Waals surface area contributed by atoms with Crippen molar-refractivity contribution in [1.82, 2.24) is 0 Å². The van der Waals surface area contributed by atoms with E-state index in [4.69, 9.17) is 0 Å². The molecule has 29 heavy (non-hydrogen) atoms. The largest absolute Gasteiger partial charge is 0.392 e. The number of aliphatic hydroxyl groups is 4. The molecule has 2 fully saturated rings. The van der Waals surface area contributed by atoms with Crippen LogP contribution in [0.1, 0.15) is 43.2 Å². The summed E-state index contributed by atoms with van der Waals surface area (Å²) in [5, 5.41) is 44.1. The highest BCUT2D eigenvalue weighted by Crippen LogP contribution is 2.54. The molecule has 1 spiro atoms. The lowest BCUT2D eigenvalue weighted by atomic mass is 9.51. The van der Waals surface area contributed by atoms with Crippen LogP contribution in [0.2, 0.25) is 0 Å². The van der Waals surface area contributed by atoms with Crippen LogP contribution in [-0.2, 0) is 12.8 Å². The molecule has 4 unspecified atom stereocenters. The fraction of sp³-hybridized carbons (Fsp3) is 0.520. The molecule has 0 aliphatic heterocycles. The van der Waals surface area contributed by atoms with Crippen molar-refractivity contribution in [3.8, 4) is 0 Å². The third-order valence-electron chi connectivity index (χ3n) is 7.36. The third-order valence-corrected chi connectivity index (χ3v) is 7.36. The van der Waals surface area contributed by atoms with Gasteiger partial charge in [-0.1, -0.05) is 60.7 Å². The minimum atomic E-state index is -1.24. The lowest BCUT2D eigenvalue weighted by molar-refractivity contribution is -0.244. The lowest BCUT2D eigenvalue weighted by Gasteiger charge is -2.58. The van der Waals surface area contributed by atoms with Gasteiger partial charge in [0.25, 0.3) is 0 Å². The molecule has 2 aromatic carbocycles. The number of hydrogen-bond donors (Lipinski definition) is 4. The van der Waals surface area contributed by atoms with E-state index < -0.39 is 29.8 Å². The van der Waals surface area contributed by atoms with Crippen molar-refractivity contribution in [2.45, 2.75) is 69.4 Å². The Morgan fingerprint density at radius 3 is 1.45 bits per heavy atom. The average molecular weight is 397 g/mol. The van der Waals surface area contributed by atoms with E-state index in [-0.39, 0.29) is 5.41 Å². The molecule has 4 N–H and O–H groups in total. The maximum absolute atomic E-state index is 11.3. The topological polar surface area (TPSA) is 80.9 Å². The van der Waals surface area contributed by atoms with E-state index in [0.717, 1.165) is 12.8 Å². The van der Waals surface area contributed by atoms with Gasteiger partial charge in [0.2, 0.25) is 0 Å². The number of rotatable bonds is 4. The first-order valence-electron chi connectivity index (χ1n) is 10.8. The fourth-order valence-electron chi connectivity index (χ4n) is 6.00. The van der Waals surface area contributed by atoms with Crippen molar-refractivity contribution < 1.29 is 20.4 Å². The Balaban J connectivity index is 1.69. The SMILES string of the molecule is OC1CCCC(O)C12C(O)CC(Cc1ccccc1)(Cc1ccccc1)CC2O. The summed E-state index contributed by atoms with van der Waals surface area (Å²) in [5.41, 5.74) is 0.755. The molecule has 0 saturated heterocycles. The number of aliphatic hydroxyl groups excluding tert-OH is 4. The Labute approximate surface area is 172 Å². The fourth-order valence-corrected chi connectivity index (χ4v) is 6.00. The Bertz CT molecular complexity index is 723. The van der Waals surface area contributed by atoms with E-state index >= 15 is 0 Å². The maximum Gasteiger partial charge on any atom is 0.0739 e. The molecule has 156 valence electrons. The van der Waals surface area contributed by atoms with Crippen molar-refractivity contribution in [2.75, 3.05) is 0 Å². The van der Waals surface area contributed by atoms with Crippen LogP contribution in [0.4, 0.5) is 0 Å².